The lowest BCUT2D eigenvalue weighted by Gasteiger charge is -2.19. The molecule has 2 heterocycles. The molecule has 0 radical (unpaired) electrons. The normalized spacial score (nSPS) is 11.0. The Hall–Kier alpha value is -2.90. The van der Waals surface area contributed by atoms with E-state index < -0.39 is 0 Å². The standard InChI is InChI=1S/C23H21N3O2S2/c1-16-8-6-7-9-17(16)14-25(2)20(27)15-30-23-24-21-19(12-13-29-21)22(28)26(23)18-10-4-3-5-11-18/h3-13H,14-15H2,1-2H3. The van der Waals surface area contributed by atoms with Crippen LogP contribution in [0.15, 0.2) is 76.0 Å². The lowest BCUT2D eigenvalue weighted by Crippen LogP contribution is -2.28. The smallest absolute Gasteiger partial charge is 0.267 e. The molecule has 5 nitrogen and oxygen atoms in total. The van der Waals surface area contributed by atoms with Crippen LogP contribution in [-0.2, 0) is 11.3 Å². The van der Waals surface area contributed by atoms with E-state index in [0.717, 1.165) is 16.8 Å². The van der Waals surface area contributed by atoms with Crippen LogP contribution in [0, 0.1) is 6.92 Å². The van der Waals surface area contributed by atoms with E-state index in [2.05, 4.69) is 4.98 Å². The molecule has 152 valence electrons. The van der Waals surface area contributed by atoms with Gasteiger partial charge in [0.05, 0.1) is 16.8 Å². The number of fused-ring (bicyclic) bond motifs is 1. The van der Waals surface area contributed by atoms with Gasteiger partial charge in [0, 0.05) is 13.6 Å². The molecule has 0 saturated carbocycles. The van der Waals surface area contributed by atoms with E-state index in [1.54, 1.807) is 22.6 Å². The molecule has 0 aliphatic heterocycles. The minimum atomic E-state index is -0.115. The highest BCUT2D eigenvalue weighted by atomic mass is 32.2. The number of aryl methyl sites for hydroxylation is 1. The number of thiophene rings is 1. The summed E-state index contributed by atoms with van der Waals surface area (Å²) in [6.07, 6.45) is 0. The number of amides is 1. The summed E-state index contributed by atoms with van der Waals surface area (Å²) in [4.78, 5) is 32.9. The second-order valence-corrected chi connectivity index (χ2v) is 8.81. The first-order valence-corrected chi connectivity index (χ1v) is 11.4. The fourth-order valence-electron chi connectivity index (χ4n) is 3.16. The van der Waals surface area contributed by atoms with Crippen molar-refractivity contribution in [3.05, 3.63) is 87.5 Å². The van der Waals surface area contributed by atoms with Crippen molar-refractivity contribution in [3.8, 4) is 5.69 Å². The van der Waals surface area contributed by atoms with Crippen LogP contribution in [0.5, 0.6) is 0 Å². The molecule has 0 fully saturated rings. The van der Waals surface area contributed by atoms with Gasteiger partial charge in [0.15, 0.2) is 5.16 Å². The van der Waals surface area contributed by atoms with Crippen LogP contribution < -0.4 is 5.56 Å². The average molecular weight is 436 g/mol. The zero-order valence-corrected chi connectivity index (χ0v) is 18.4. The molecule has 2 aromatic carbocycles. The van der Waals surface area contributed by atoms with Gasteiger partial charge in [-0.15, -0.1) is 11.3 Å². The fourth-order valence-corrected chi connectivity index (χ4v) is 4.92. The molecule has 1 amide bonds. The van der Waals surface area contributed by atoms with Gasteiger partial charge in [0.1, 0.15) is 4.83 Å². The Morgan fingerprint density at radius 1 is 1.10 bits per heavy atom. The SMILES string of the molecule is Cc1ccccc1CN(C)C(=O)CSc1nc2sccc2c(=O)n1-c1ccccc1. The van der Waals surface area contributed by atoms with Crippen molar-refractivity contribution in [3.63, 3.8) is 0 Å². The Balaban J connectivity index is 1.58. The van der Waals surface area contributed by atoms with Crippen molar-refractivity contribution in [2.45, 2.75) is 18.6 Å². The summed E-state index contributed by atoms with van der Waals surface area (Å²) in [5.41, 5.74) is 2.91. The molecule has 4 rings (SSSR count). The van der Waals surface area contributed by atoms with E-state index in [1.165, 1.54) is 23.1 Å². The molecule has 0 atom stereocenters. The van der Waals surface area contributed by atoms with Gasteiger partial charge < -0.3 is 4.90 Å². The summed E-state index contributed by atoms with van der Waals surface area (Å²) >= 11 is 2.72. The van der Waals surface area contributed by atoms with Gasteiger partial charge in [-0.25, -0.2) is 4.98 Å². The van der Waals surface area contributed by atoms with E-state index in [4.69, 9.17) is 0 Å². The van der Waals surface area contributed by atoms with Crippen LogP contribution in [-0.4, -0.2) is 33.2 Å². The molecule has 0 N–H and O–H groups in total. The van der Waals surface area contributed by atoms with Gasteiger partial charge >= 0.3 is 0 Å². The number of para-hydroxylation sites is 1. The van der Waals surface area contributed by atoms with Crippen LogP contribution in [0.25, 0.3) is 15.9 Å². The molecule has 4 aromatic rings. The van der Waals surface area contributed by atoms with Crippen molar-refractivity contribution in [2.24, 2.45) is 0 Å². The first-order chi connectivity index (χ1) is 14.5. The van der Waals surface area contributed by atoms with Crippen molar-refractivity contribution >= 4 is 39.2 Å². The van der Waals surface area contributed by atoms with E-state index in [-0.39, 0.29) is 17.2 Å². The summed E-state index contributed by atoms with van der Waals surface area (Å²) in [5.74, 6) is 0.196. The number of hydrogen-bond acceptors (Lipinski definition) is 5. The quantitative estimate of drug-likeness (QED) is 0.330. The number of rotatable bonds is 6. The molecule has 0 saturated heterocycles. The Labute approximate surface area is 183 Å². The molecular weight excluding hydrogens is 414 g/mol. The van der Waals surface area contributed by atoms with Gasteiger partial charge in [-0.2, -0.15) is 0 Å². The maximum absolute atomic E-state index is 13.1. The third kappa shape index (κ3) is 4.17. The molecule has 0 aliphatic rings. The highest BCUT2D eigenvalue weighted by molar-refractivity contribution is 7.99. The van der Waals surface area contributed by atoms with Crippen molar-refractivity contribution in [1.82, 2.24) is 14.5 Å². The zero-order chi connectivity index (χ0) is 21.1. The van der Waals surface area contributed by atoms with E-state index in [1.807, 2.05) is 66.9 Å². The summed E-state index contributed by atoms with van der Waals surface area (Å²) in [6.45, 7) is 2.59. The maximum atomic E-state index is 13.1. The van der Waals surface area contributed by atoms with Crippen molar-refractivity contribution in [2.75, 3.05) is 12.8 Å². The monoisotopic (exact) mass is 435 g/mol. The van der Waals surface area contributed by atoms with Crippen LogP contribution in [0.1, 0.15) is 11.1 Å². The molecule has 0 aliphatic carbocycles. The first kappa shape index (κ1) is 20.4. The van der Waals surface area contributed by atoms with Gasteiger partial charge in [-0.05, 0) is 41.6 Å². The fraction of sp³-hybridized carbons (Fsp3) is 0.174. The number of benzene rings is 2. The summed E-state index contributed by atoms with van der Waals surface area (Å²) in [6, 6.07) is 19.3. The van der Waals surface area contributed by atoms with Crippen LogP contribution in [0.4, 0.5) is 0 Å². The predicted octanol–water partition coefficient (Wildman–Crippen LogP) is 4.51. The number of nitrogens with zero attached hydrogens (tertiary/aromatic N) is 3. The molecule has 30 heavy (non-hydrogen) atoms. The average Bonchev–Trinajstić information content (AvgIpc) is 3.23. The first-order valence-electron chi connectivity index (χ1n) is 9.51. The molecule has 0 spiro atoms. The van der Waals surface area contributed by atoms with E-state index in [9.17, 15) is 9.59 Å². The number of aromatic nitrogens is 2. The van der Waals surface area contributed by atoms with Gasteiger partial charge in [0.25, 0.3) is 5.56 Å². The molecule has 7 heteroatoms. The van der Waals surface area contributed by atoms with E-state index >= 15 is 0 Å². The number of carbonyl (C=O) groups is 1. The zero-order valence-electron chi connectivity index (χ0n) is 16.7. The van der Waals surface area contributed by atoms with Crippen molar-refractivity contribution in [1.29, 1.82) is 0 Å². The van der Waals surface area contributed by atoms with Crippen molar-refractivity contribution < 1.29 is 4.79 Å². The van der Waals surface area contributed by atoms with Crippen LogP contribution in [0.2, 0.25) is 0 Å². The molecule has 0 bridgehead atoms. The Kier molecular flexibility index (Phi) is 6.01. The van der Waals surface area contributed by atoms with Crippen LogP contribution >= 0.6 is 23.1 Å². The van der Waals surface area contributed by atoms with Gasteiger partial charge in [-0.1, -0.05) is 54.2 Å². The minimum absolute atomic E-state index is 0.0107. The summed E-state index contributed by atoms with van der Waals surface area (Å²) in [7, 11) is 1.80. The molecular formula is C23H21N3O2S2. The lowest BCUT2D eigenvalue weighted by molar-refractivity contribution is -0.127. The maximum Gasteiger partial charge on any atom is 0.267 e. The molecule has 2 aromatic heterocycles. The van der Waals surface area contributed by atoms with E-state index in [0.29, 0.717) is 21.9 Å². The lowest BCUT2D eigenvalue weighted by atomic mass is 10.1. The van der Waals surface area contributed by atoms with Gasteiger partial charge in [0.2, 0.25) is 5.91 Å². The summed E-state index contributed by atoms with van der Waals surface area (Å²) < 4.78 is 1.59. The van der Waals surface area contributed by atoms with Crippen LogP contribution in [0.3, 0.4) is 0 Å². The van der Waals surface area contributed by atoms with Gasteiger partial charge in [-0.3, -0.25) is 14.2 Å². The topological polar surface area (TPSA) is 55.2 Å². The minimum Gasteiger partial charge on any atom is -0.341 e. The Morgan fingerprint density at radius 2 is 1.83 bits per heavy atom. The predicted molar refractivity (Wildman–Crippen MR) is 124 cm³/mol. The second kappa shape index (κ2) is 8.85. The Bertz CT molecular complexity index is 1250. The Morgan fingerprint density at radius 3 is 2.60 bits per heavy atom. The largest absolute Gasteiger partial charge is 0.341 e. The highest BCUT2D eigenvalue weighted by Crippen LogP contribution is 2.24. The molecule has 0 unspecified atom stereocenters. The number of carbonyl (C=O) groups excluding carboxylic acids is 1. The number of thioether (sulfide) groups is 1. The number of hydrogen-bond donors (Lipinski definition) is 0. The second-order valence-electron chi connectivity index (χ2n) is 6.97. The highest BCUT2D eigenvalue weighted by Gasteiger charge is 2.17. The third-order valence-corrected chi connectivity index (χ3v) is 6.63. The third-order valence-electron chi connectivity index (χ3n) is 4.90. The summed E-state index contributed by atoms with van der Waals surface area (Å²) in [5, 5.41) is 2.99.